The number of amides is 3. The molecule has 1 unspecified atom stereocenters. The third-order valence-corrected chi connectivity index (χ3v) is 14.2. The molecule has 2 aromatic rings. The fourth-order valence-corrected chi connectivity index (χ4v) is 10.6. The van der Waals surface area contributed by atoms with Crippen LogP contribution in [0, 0.1) is 39.8 Å². The van der Waals surface area contributed by atoms with Crippen molar-refractivity contribution in [3.05, 3.63) is 23.5 Å². The molecule has 11 nitrogen and oxygen atoms in total. The Morgan fingerprint density at radius 2 is 1.87 bits per heavy atom. The molecule has 13 heteroatoms. The molecule has 6 heterocycles. The molecule has 2 aliphatic carbocycles. The molecule has 1 aromatic carbocycles. The van der Waals surface area contributed by atoms with Crippen LogP contribution in [0.2, 0.25) is 0 Å². The van der Waals surface area contributed by atoms with Crippen LogP contribution in [0.15, 0.2) is 17.6 Å². The summed E-state index contributed by atoms with van der Waals surface area (Å²) in [5.74, 6) is -0.874. The summed E-state index contributed by atoms with van der Waals surface area (Å²) in [6.45, 7) is 10.8. The molecule has 5 atom stereocenters. The van der Waals surface area contributed by atoms with E-state index in [0.29, 0.717) is 76.4 Å². The van der Waals surface area contributed by atoms with Gasteiger partial charge in [0.15, 0.2) is 0 Å². The quantitative estimate of drug-likeness (QED) is 0.359. The van der Waals surface area contributed by atoms with Crippen molar-refractivity contribution in [3.63, 3.8) is 0 Å². The molecule has 1 N–H and O–H groups in total. The minimum absolute atomic E-state index is 0.000753. The van der Waals surface area contributed by atoms with E-state index in [2.05, 4.69) is 29.0 Å². The molecular formula is C39H54FN5O6S. The minimum atomic E-state index is -0.885. The normalized spacial score (nSPS) is 31.4. The predicted octanol–water partition coefficient (Wildman–Crippen LogP) is 4.48. The van der Waals surface area contributed by atoms with E-state index in [1.807, 2.05) is 16.7 Å². The van der Waals surface area contributed by atoms with Crippen molar-refractivity contribution in [1.82, 2.24) is 20.1 Å². The van der Waals surface area contributed by atoms with Gasteiger partial charge in [-0.15, -0.1) is 11.3 Å². The van der Waals surface area contributed by atoms with Crippen molar-refractivity contribution >= 4 is 45.0 Å². The predicted molar refractivity (Wildman–Crippen MR) is 195 cm³/mol. The number of benzene rings is 1. The van der Waals surface area contributed by atoms with E-state index in [-0.39, 0.29) is 46.2 Å². The number of hydrogen-bond acceptors (Lipinski definition) is 9. The number of nitrogens with one attached hydrogen (secondary N) is 1. The van der Waals surface area contributed by atoms with Crippen molar-refractivity contribution in [2.24, 2.45) is 34.0 Å². The first-order valence-corrected chi connectivity index (χ1v) is 20.2. The number of rotatable bonds is 11. The van der Waals surface area contributed by atoms with Crippen LogP contribution in [0.25, 0.3) is 10.2 Å². The lowest BCUT2D eigenvalue weighted by atomic mass is 9.70. The van der Waals surface area contributed by atoms with Gasteiger partial charge in [-0.1, -0.05) is 13.8 Å². The van der Waals surface area contributed by atoms with Gasteiger partial charge in [0.25, 0.3) is 0 Å². The average molecular weight is 740 g/mol. The number of carbonyl (C=O) groups is 3. The number of carbonyl (C=O) groups excluding carboxylic acids is 3. The molecule has 5 saturated heterocycles. The summed E-state index contributed by atoms with van der Waals surface area (Å²) < 4.78 is 33.9. The molecule has 9 rings (SSSR count). The highest BCUT2D eigenvalue weighted by Crippen LogP contribution is 2.55. The maximum Gasteiger partial charge on any atom is 0.247 e. The smallest absolute Gasteiger partial charge is 0.247 e. The number of fused-ring (bicyclic) bond motifs is 4. The zero-order valence-corrected chi connectivity index (χ0v) is 31.9. The summed E-state index contributed by atoms with van der Waals surface area (Å²) in [7, 11) is 1.69. The molecule has 7 aliphatic rings. The van der Waals surface area contributed by atoms with Gasteiger partial charge in [-0.05, 0) is 69.3 Å². The lowest BCUT2D eigenvalue weighted by Gasteiger charge is -2.51. The van der Waals surface area contributed by atoms with E-state index in [4.69, 9.17) is 14.2 Å². The van der Waals surface area contributed by atoms with E-state index in [0.717, 1.165) is 49.6 Å². The number of nitrogens with zero attached hydrogens (tertiary/aromatic N) is 4. The molecule has 2 saturated carbocycles. The number of likely N-dealkylation sites (tertiary alicyclic amines) is 2. The van der Waals surface area contributed by atoms with Crippen LogP contribution >= 0.6 is 11.3 Å². The second-order valence-electron chi connectivity index (χ2n) is 17.6. The van der Waals surface area contributed by atoms with Crippen LogP contribution in [0.5, 0.6) is 0 Å². The van der Waals surface area contributed by atoms with E-state index in [1.54, 1.807) is 12.6 Å². The highest BCUT2D eigenvalue weighted by molar-refractivity contribution is 7.17. The summed E-state index contributed by atoms with van der Waals surface area (Å²) >= 11 is 1.45. The second-order valence-corrected chi connectivity index (χ2v) is 18.5. The number of anilines is 1. The first-order chi connectivity index (χ1) is 24.9. The fourth-order valence-electron chi connectivity index (χ4n) is 9.83. The lowest BCUT2D eigenvalue weighted by molar-refractivity contribution is -0.160. The Hall–Kier alpha value is -2.87. The summed E-state index contributed by atoms with van der Waals surface area (Å²) in [6.07, 6.45) is 6.66. The van der Waals surface area contributed by atoms with Gasteiger partial charge in [0, 0.05) is 69.2 Å². The molecule has 5 aliphatic heterocycles. The Labute approximate surface area is 309 Å². The molecule has 0 radical (unpaired) electrons. The maximum absolute atomic E-state index is 14.9. The van der Waals surface area contributed by atoms with Crippen molar-refractivity contribution in [2.45, 2.75) is 84.0 Å². The van der Waals surface area contributed by atoms with Gasteiger partial charge in [-0.2, -0.15) is 0 Å². The van der Waals surface area contributed by atoms with E-state index in [1.165, 1.54) is 23.5 Å². The number of halogens is 1. The van der Waals surface area contributed by atoms with Crippen LogP contribution in [0.4, 0.5) is 10.1 Å². The molecule has 3 amide bonds. The topological polar surface area (TPSA) is 114 Å². The van der Waals surface area contributed by atoms with Crippen molar-refractivity contribution in [3.8, 4) is 0 Å². The summed E-state index contributed by atoms with van der Waals surface area (Å²) in [5, 5.41) is 3.23. The highest BCUT2D eigenvalue weighted by atomic mass is 32.1. The van der Waals surface area contributed by atoms with Crippen molar-refractivity contribution in [1.29, 1.82) is 0 Å². The third kappa shape index (κ3) is 6.72. The monoisotopic (exact) mass is 739 g/mol. The van der Waals surface area contributed by atoms with Gasteiger partial charge in [0.05, 0.1) is 59.4 Å². The van der Waals surface area contributed by atoms with E-state index < -0.39 is 23.5 Å². The van der Waals surface area contributed by atoms with Gasteiger partial charge in [-0.3, -0.25) is 14.4 Å². The zero-order valence-electron chi connectivity index (χ0n) is 31.0. The molecule has 2 bridgehead atoms. The largest absolute Gasteiger partial charge is 0.384 e. The fraction of sp³-hybridized carbons (Fsp3) is 0.744. The van der Waals surface area contributed by atoms with E-state index >= 15 is 0 Å². The van der Waals surface area contributed by atoms with Gasteiger partial charge < -0.3 is 34.2 Å². The zero-order chi connectivity index (χ0) is 36.4. The number of piperidine rings is 1. The lowest BCUT2D eigenvalue weighted by Crippen LogP contribution is -2.65. The molecule has 52 heavy (non-hydrogen) atoms. The maximum atomic E-state index is 14.9. The molecule has 284 valence electrons. The highest BCUT2D eigenvalue weighted by Gasteiger charge is 2.61. The Balaban J connectivity index is 1.05. The Bertz CT molecular complexity index is 1670. The van der Waals surface area contributed by atoms with Crippen LogP contribution < -0.4 is 10.2 Å². The van der Waals surface area contributed by atoms with Crippen LogP contribution in [0.3, 0.4) is 0 Å². The molecular weight excluding hydrogens is 686 g/mol. The average Bonchev–Trinajstić information content (AvgIpc) is 3.42. The SMILES string of the molecule is COC[C@H]1CCCN(C(=O)C(NC(=O)[C@H]2CN(c3cc(F)cc4ncsc34)CC23CN(C(=O)[C@H]2CC2(C)C)C3)[C@@H](C)OCC23CCC(CC2)OC3)C1. The second kappa shape index (κ2) is 13.8. The van der Waals surface area contributed by atoms with Gasteiger partial charge >= 0.3 is 0 Å². The number of methoxy groups -OCH3 is 1. The Kier molecular flexibility index (Phi) is 9.56. The minimum Gasteiger partial charge on any atom is -0.384 e. The molecule has 1 spiro atoms. The van der Waals surface area contributed by atoms with Crippen LogP contribution in [0.1, 0.15) is 65.7 Å². The van der Waals surface area contributed by atoms with Crippen LogP contribution in [-0.2, 0) is 28.6 Å². The summed E-state index contributed by atoms with van der Waals surface area (Å²) in [5.41, 5.74) is 2.42. The molecule has 7 fully saturated rings. The van der Waals surface area contributed by atoms with Crippen molar-refractivity contribution < 1.29 is 33.0 Å². The number of hydrogen-bond donors (Lipinski definition) is 1. The van der Waals surface area contributed by atoms with E-state index in [9.17, 15) is 18.8 Å². The number of aromatic nitrogens is 1. The Morgan fingerprint density at radius 3 is 2.56 bits per heavy atom. The number of ether oxygens (including phenoxy) is 3. The van der Waals surface area contributed by atoms with Gasteiger partial charge in [0.1, 0.15) is 11.9 Å². The van der Waals surface area contributed by atoms with Gasteiger partial charge in [0.2, 0.25) is 17.7 Å². The third-order valence-electron chi connectivity index (χ3n) is 13.4. The summed E-state index contributed by atoms with van der Waals surface area (Å²) in [6, 6.07) is 2.08. The summed E-state index contributed by atoms with van der Waals surface area (Å²) in [4.78, 5) is 52.9. The standard InChI is InChI=1S/C39H54FN5O6S/c1-24(50-21-38-9-7-27(8-10-38)51-22-38)32(36(48)43-11-5-6-25(15-43)17-49-4)42-34(46)29-16-44(31-13-26(40)12-30-33(31)52-23-41-30)18-39(29)19-45(20-39)35(47)28-14-37(28,2)3/h12-13,23-25,27-29,32H,5-11,14-22H2,1-4H3,(H,42,46)/t24-,25+,27?,28-,29-,32?,38?/m1/s1. The first-order valence-electron chi connectivity index (χ1n) is 19.3. The Morgan fingerprint density at radius 1 is 1.10 bits per heavy atom. The van der Waals surface area contributed by atoms with Crippen molar-refractivity contribution in [2.75, 3.05) is 71.1 Å². The first kappa shape index (κ1) is 36.1. The van der Waals surface area contributed by atoms with Crippen LogP contribution in [-0.4, -0.2) is 117 Å². The number of thiazole rings is 1. The van der Waals surface area contributed by atoms with Gasteiger partial charge in [-0.25, -0.2) is 9.37 Å². The molecule has 1 aromatic heterocycles.